The minimum Gasteiger partial charge on any atom is -0.390 e. The third-order valence-electron chi connectivity index (χ3n) is 4.95. The zero-order valence-corrected chi connectivity index (χ0v) is 13.3. The molecule has 2 aliphatic heterocycles. The zero-order chi connectivity index (χ0) is 15.6. The van der Waals surface area contributed by atoms with E-state index in [0.717, 1.165) is 36.7 Å². The molecule has 0 bridgehead atoms. The van der Waals surface area contributed by atoms with Crippen molar-refractivity contribution in [2.24, 2.45) is 0 Å². The summed E-state index contributed by atoms with van der Waals surface area (Å²) in [4.78, 5) is 4.70. The molecule has 0 radical (unpaired) electrons. The van der Waals surface area contributed by atoms with E-state index in [1.54, 1.807) is 0 Å². The first-order chi connectivity index (χ1) is 11.3. The predicted octanol–water partition coefficient (Wildman–Crippen LogP) is 1.98. The lowest BCUT2D eigenvalue weighted by Gasteiger charge is -2.25. The second-order valence-corrected chi connectivity index (χ2v) is 6.62. The van der Waals surface area contributed by atoms with Crippen molar-refractivity contribution in [1.29, 1.82) is 0 Å². The maximum Gasteiger partial charge on any atom is 0.151 e. The van der Waals surface area contributed by atoms with Crippen molar-refractivity contribution in [3.05, 3.63) is 42.2 Å². The lowest BCUT2D eigenvalue weighted by Crippen LogP contribution is -2.41. The standard InChI is InChI=1S/C18H23N3O2/c22-18-13-20(12-17(18)21-8-4-5-9-21)11-15-10-16(19-23-15)14-6-2-1-3-7-14/h1-3,6-7,10,17-18,22H,4-5,8-9,11-13H2/t17-,18-/m1/s1. The molecule has 0 unspecified atom stereocenters. The first-order valence-electron chi connectivity index (χ1n) is 8.45. The maximum absolute atomic E-state index is 10.4. The Kier molecular flexibility index (Phi) is 4.16. The van der Waals surface area contributed by atoms with Crippen molar-refractivity contribution in [2.45, 2.75) is 31.5 Å². The van der Waals surface area contributed by atoms with Crippen LogP contribution >= 0.6 is 0 Å². The van der Waals surface area contributed by atoms with Crippen molar-refractivity contribution in [1.82, 2.24) is 15.0 Å². The predicted molar refractivity (Wildman–Crippen MR) is 87.8 cm³/mol. The average Bonchev–Trinajstić information content (AvgIpc) is 3.30. The number of β-amino-alcohol motifs (C(OH)–C–C–N with tert-alkyl or cyclic N) is 1. The van der Waals surface area contributed by atoms with Crippen LogP contribution in [-0.2, 0) is 6.54 Å². The molecule has 2 saturated heterocycles. The summed E-state index contributed by atoms with van der Waals surface area (Å²) in [7, 11) is 0. The summed E-state index contributed by atoms with van der Waals surface area (Å²) < 4.78 is 5.49. The van der Waals surface area contributed by atoms with Gasteiger partial charge in [-0.1, -0.05) is 35.5 Å². The van der Waals surface area contributed by atoms with E-state index in [-0.39, 0.29) is 12.1 Å². The Morgan fingerprint density at radius 3 is 2.70 bits per heavy atom. The molecule has 2 aliphatic rings. The normalized spacial score (nSPS) is 26.1. The molecule has 0 saturated carbocycles. The van der Waals surface area contributed by atoms with Crippen molar-refractivity contribution in [3.8, 4) is 11.3 Å². The molecule has 4 rings (SSSR count). The van der Waals surface area contributed by atoms with E-state index in [9.17, 15) is 5.11 Å². The number of nitrogens with zero attached hydrogens (tertiary/aromatic N) is 3. The molecule has 23 heavy (non-hydrogen) atoms. The Morgan fingerprint density at radius 2 is 1.91 bits per heavy atom. The quantitative estimate of drug-likeness (QED) is 0.935. The largest absolute Gasteiger partial charge is 0.390 e. The molecule has 2 fully saturated rings. The molecule has 1 N–H and O–H groups in total. The first-order valence-corrected chi connectivity index (χ1v) is 8.45. The summed E-state index contributed by atoms with van der Waals surface area (Å²) in [5.41, 5.74) is 1.94. The third kappa shape index (κ3) is 3.17. The fourth-order valence-electron chi connectivity index (χ4n) is 3.76. The highest BCUT2D eigenvalue weighted by atomic mass is 16.5. The first kappa shape index (κ1) is 14.9. The van der Waals surface area contributed by atoms with Gasteiger partial charge < -0.3 is 9.63 Å². The van der Waals surface area contributed by atoms with E-state index in [0.29, 0.717) is 13.1 Å². The van der Waals surface area contributed by atoms with Crippen LogP contribution in [0.4, 0.5) is 0 Å². The van der Waals surface area contributed by atoms with Gasteiger partial charge in [0.2, 0.25) is 0 Å². The molecule has 1 aromatic heterocycles. The van der Waals surface area contributed by atoms with E-state index in [4.69, 9.17) is 4.52 Å². The van der Waals surface area contributed by atoms with Crippen LogP contribution in [0.15, 0.2) is 40.9 Å². The van der Waals surface area contributed by atoms with Gasteiger partial charge in [0.25, 0.3) is 0 Å². The SMILES string of the molecule is O[C@@H]1CN(Cc2cc(-c3ccccc3)no2)C[C@H]1N1CCCC1. The number of aromatic nitrogens is 1. The third-order valence-corrected chi connectivity index (χ3v) is 4.95. The van der Waals surface area contributed by atoms with Crippen LogP contribution in [0.3, 0.4) is 0 Å². The molecular formula is C18H23N3O2. The molecule has 5 heteroatoms. The molecule has 0 aliphatic carbocycles. The van der Waals surface area contributed by atoms with Crippen LogP contribution in [0.5, 0.6) is 0 Å². The van der Waals surface area contributed by atoms with Crippen LogP contribution in [0.25, 0.3) is 11.3 Å². The second-order valence-electron chi connectivity index (χ2n) is 6.62. The number of likely N-dealkylation sites (tertiary alicyclic amines) is 2. The summed E-state index contributed by atoms with van der Waals surface area (Å²) in [5.74, 6) is 0.859. The van der Waals surface area contributed by atoms with Gasteiger partial charge in [-0.25, -0.2) is 0 Å². The van der Waals surface area contributed by atoms with Crippen molar-refractivity contribution in [3.63, 3.8) is 0 Å². The van der Waals surface area contributed by atoms with Gasteiger partial charge in [0, 0.05) is 30.8 Å². The van der Waals surface area contributed by atoms with Crippen molar-refractivity contribution < 1.29 is 9.63 Å². The number of benzene rings is 1. The number of rotatable bonds is 4. The highest BCUT2D eigenvalue weighted by molar-refractivity contribution is 5.58. The summed E-state index contributed by atoms with van der Waals surface area (Å²) in [6, 6.07) is 12.3. The van der Waals surface area contributed by atoms with Gasteiger partial charge >= 0.3 is 0 Å². The highest BCUT2D eigenvalue weighted by Crippen LogP contribution is 2.24. The second kappa shape index (κ2) is 6.43. The van der Waals surface area contributed by atoms with Gasteiger partial charge in [0.15, 0.2) is 5.76 Å². The van der Waals surface area contributed by atoms with Crippen LogP contribution in [-0.4, -0.2) is 58.4 Å². The van der Waals surface area contributed by atoms with E-state index in [1.807, 2.05) is 36.4 Å². The van der Waals surface area contributed by atoms with Crippen molar-refractivity contribution in [2.75, 3.05) is 26.2 Å². The Balaban J connectivity index is 1.40. The zero-order valence-electron chi connectivity index (χ0n) is 13.3. The maximum atomic E-state index is 10.4. The Hall–Kier alpha value is -1.69. The van der Waals surface area contributed by atoms with Gasteiger partial charge in [-0.2, -0.15) is 0 Å². The van der Waals surface area contributed by atoms with Gasteiger partial charge in [-0.05, 0) is 25.9 Å². The van der Waals surface area contributed by atoms with Crippen LogP contribution in [0.2, 0.25) is 0 Å². The topological polar surface area (TPSA) is 52.7 Å². The number of hydrogen-bond donors (Lipinski definition) is 1. The fraction of sp³-hybridized carbons (Fsp3) is 0.500. The van der Waals surface area contributed by atoms with Gasteiger partial charge in [-0.15, -0.1) is 0 Å². The molecule has 3 heterocycles. The molecule has 0 spiro atoms. The van der Waals surface area contributed by atoms with Crippen LogP contribution < -0.4 is 0 Å². The van der Waals surface area contributed by atoms with Gasteiger partial charge in [-0.3, -0.25) is 9.80 Å². The minimum absolute atomic E-state index is 0.260. The lowest BCUT2D eigenvalue weighted by atomic mass is 10.1. The highest BCUT2D eigenvalue weighted by Gasteiger charge is 2.36. The van der Waals surface area contributed by atoms with Crippen LogP contribution in [0, 0.1) is 0 Å². The molecular weight excluding hydrogens is 290 g/mol. The number of hydrogen-bond acceptors (Lipinski definition) is 5. The van der Waals surface area contributed by atoms with E-state index in [2.05, 4.69) is 15.0 Å². The van der Waals surface area contributed by atoms with E-state index < -0.39 is 0 Å². The summed E-state index contributed by atoms with van der Waals surface area (Å²) in [6.45, 7) is 4.57. The average molecular weight is 313 g/mol. The van der Waals surface area contributed by atoms with Crippen LogP contribution in [0.1, 0.15) is 18.6 Å². The molecule has 5 nitrogen and oxygen atoms in total. The van der Waals surface area contributed by atoms with Gasteiger partial charge in [0.1, 0.15) is 5.69 Å². The summed E-state index contributed by atoms with van der Waals surface area (Å²) >= 11 is 0. The Bertz CT molecular complexity index is 637. The molecule has 2 atom stereocenters. The molecule has 2 aromatic rings. The Labute approximate surface area is 136 Å². The van der Waals surface area contributed by atoms with Crippen molar-refractivity contribution >= 4 is 0 Å². The number of aliphatic hydroxyl groups excluding tert-OH is 1. The van der Waals surface area contributed by atoms with E-state index >= 15 is 0 Å². The fourth-order valence-corrected chi connectivity index (χ4v) is 3.76. The molecule has 122 valence electrons. The summed E-state index contributed by atoms with van der Waals surface area (Å²) in [5, 5.41) is 14.5. The lowest BCUT2D eigenvalue weighted by molar-refractivity contribution is 0.0977. The Morgan fingerprint density at radius 1 is 1.13 bits per heavy atom. The number of aliphatic hydroxyl groups is 1. The molecule has 0 amide bonds. The summed E-state index contributed by atoms with van der Waals surface area (Å²) in [6.07, 6.45) is 2.25. The monoisotopic (exact) mass is 313 g/mol. The molecule has 1 aromatic carbocycles. The van der Waals surface area contributed by atoms with E-state index in [1.165, 1.54) is 12.8 Å². The minimum atomic E-state index is -0.260. The van der Waals surface area contributed by atoms with Gasteiger partial charge in [0.05, 0.1) is 12.6 Å². The smallest absolute Gasteiger partial charge is 0.151 e.